The zero-order valence-electron chi connectivity index (χ0n) is 30.5. The van der Waals surface area contributed by atoms with E-state index in [1.807, 2.05) is 0 Å². The van der Waals surface area contributed by atoms with Crippen LogP contribution in [0.4, 0.5) is 0 Å². The molecule has 5 heterocycles. The van der Waals surface area contributed by atoms with E-state index in [4.69, 9.17) is 19.9 Å². The summed E-state index contributed by atoms with van der Waals surface area (Å²) in [7, 11) is -1.73. The molecule has 8 rings (SSSR count). The number of aromatic nitrogens is 4. The van der Waals surface area contributed by atoms with Gasteiger partial charge in [0.05, 0.1) is 22.8 Å². The van der Waals surface area contributed by atoms with Gasteiger partial charge in [-0.2, -0.15) is 0 Å². The Balaban J connectivity index is 0.00000420. The van der Waals surface area contributed by atoms with Gasteiger partial charge in [0.15, 0.2) is 0 Å². The Kier molecular flexibility index (Phi) is 9.44. The molecule has 52 heavy (non-hydrogen) atoms. The maximum atomic E-state index is 5.35. The van der Waals surface area contributed by atoms with Crippen molar-refractivity contribution in [1.29, 1.82) is 0 Å². The second kappa shape index (κ2) is 14.0. The monoisotopic (exact) mass is 738 g/mol. The van der Waals surface area contributed by atoms with Crippen LogP contribution in [-0.4, -0.2) is 18.0 Å². The predicted molar refractivity (Wildman–Crippen MR) is 218 cm³/mol. The van der Waals surface area contributed by atoms with Crippen LogP contribution in [0.15, 0.2) is 97.1 Å². The Labute approximate surface area is 319 Å². The van der Waals surface area contributed by atoms with Crippen molar-refractivity contribution in [3.63, 3.8) is 0 Å². The van der Waals surface area contributed by atoms with Gasteiger partial charge >= 0.3 is 19.5 Å². The molecule has 0 radical (unpaired) electrons. The van der Waals surface area contributed by atoms with E-state index < -0.39 is 8.07 Å². The average Bonchev–Trinajstić information content (AvgIpc) is 3.94. The zero-order chi connectivity index (χ0) is 35.3. The smallest absolute Gasteiger partial charge is 0.657 e. The summed E-state index contributed by atoms with van der Waals surface area (Å²) in [4.78, 5) is 21.3. The van der Waals surface area contributed by atoms with Gasteiger partial charge in [0.25, 0.3) is 0 Å². The summed E-state index contributed by atoms with van der Waals surface area (Å²) < 4.78 is 0. The van der Waals surface area contributed by atoms with Crippen LogP contribution >= 0.6 is 0 Å². The van der Waals surface area contributed by atoms with Crippen molar-refractivity contribution >= 4 is 54.4 Å². The summed E-state index contributed by atoms with van der Waals surface area (Å²) in [6, 6.07) is 34.2. The van der Waals surface area contributed by atoms with Crippen LogP contribution in [0.5, 0.6) is 0 Å². The van der Waals surface area contributed by atoms with Crippen molar-refractivity contribution in [3.8, 4) is 44.8 Å². The standard InChI is InChI=1S/C46H38N4Si.Zn/c1-29-7-13-32(14-8-29)44-38-21-19-36(47-38)35(27-28-51(4,5)6)37-20-22-39(48-37)45(33-15-9-30(2)10-16-33)41-24-26-43(50-41)46(42-25-23-40(44)49-42)34-17-11-31(3)12-18-34;/h7-26H,1-6H3;/q-2;+2. The first kappa shape index (κ1) is 35.1. The molecule has 0 unspecified atom stereocenters. The van der Waals surface area contributed by atoms with E-state index in [1.165, 1.54) is 16.7 Å². The number of hydrogen-bond donors (Lipinski definition) is 0. The topological polar surface area (TPSA) is 54.0 Å². The Morgan fingerprint density at radius 3 is 1.15 bits per heavy atom. The molecule has 0 saturated carbocycles. The molecule has 2 aliphatic heterocycles. The molecule has 2 aliphatic rings. The normalized spacial score (nSPS) is 12.0. The van der Waals surface area contributed by atoms with E-state index in [1.54, 1.807) is 0 Å². The fourth-order valence-electron chi connectivity index (χ4n) is 6.51. The number of benzene rings is 3. The predicted octanol–water partition coefficient (Wildman–Crippen LogP) is 11.1. The Hall–Kier alpha value is -5.34. The molecule has 0 N–H and O–H groups in total. The van der Waals surface area contributed by atoms with Crippen LogP contribution in [0.25, 0.3) is 79.8 Å². The molecule has 4 nitrogen and oxygen atoms in total. The molecule has 3 aromatic heterocycles. The van der Waals surface area contributed by atoms with Crippen molar-refractivity contribution in [2.75, 3.05) is 0 Å². The van der Waals surface area contributed by atoms with E-state index in [0.29, 0.717) is 0 Å². The van der Waals surface area contributed by atoms with Gasteiger partial charge in [0.2, 0.25) is 0 Å². The molecule has 0 saturated heterocycles. The third-order valence-electron chi connectivity index (χ3n) is 9.19. The maximum Gasteiger partial charge on any atom is 2.00 e. The van der Waals surface area contributed by atoms with Crippen molar-refractivity contribution < 1.29 is 19.5 Å². The van der Waals surface area contributed by atoms with Gasteiger partial charge < -0.3 is 9.97 Å². The van der Waals surface area contributed by atoms with Gasteiger partial charge in [0.1, 0.15) is 8.07 Å². The largest absolute Gasteiger partial charge is 2.00 e. The fourth-order valence-corrected chi connectivity index (χ4v) is 7.01. The molecule has 3 aromatic carbocycles. The van der Waals surface area contributed by atoms with Crippen LogP contribution in [0, 0.1) is 32.2 Å². The van der Waals surface area contributed by atoms with Gasteiger partial charge in [-0.15, -0.1) is 27.6 Å². The molecule has 8 bridgehead atoms. The van der Waals surface area contributed by atoms with Crippen LogP contribution in [0.3, 0.4) is 0 Å². The molecule has 0 aliphatic carbocycles. The molecule has 0 amide bonds. The van der Waals surface area contributed by atoms with Crippen LogP contribution in [0.1, 0.15) is 45.0 Å². The van der Waals surface area contributed by atoms with Crippen molar-refractivity contribution in [3.05, 3.63) is 142 Å². The van der Waals surface area contributed by atoms with Gasteiger partial charge in [-0.1, -0.05) is 139 Å². The molecule has 248 valence electrons. The van der Waals surface area contributed by atoms with Gasteiger partial charge in [-0.25, -0.2) is 9.97 Å². The summed E-state index contributed by atoms with van der Waals surface area (Å²) >= 11 is 0. The van der Waals surface area contributed by atoms with E-state index in [9.17, 15) is 0 Å². The average molecular weight is 740 g/mol. The zero-order valence-corrected chi connectivity index (χ0v) is 34.5. The minimum atomic E-state index is -1.73. The first-order chi connectivity index (χ1) is 24.6. The summed E-state index contributed by atoms with van der Waals surface area (Å²) in [5.41, 5.74) is 20.9. The first-order valence-electron chi connectivity index (χ1n) is 17.4. The quantitative estimate of drug-likeness (QED) is 0.134. The Bertz CT molecular complexity index is 2580. The van der Waals surface area contributed by atoms with E-state index in [0.717, 1.165) is 83.8 Å². The summed E-state index contributed by atoms with van der Waals surface area (Å²) in [6.07, 6.45) is 8.39. The summed E-state index contributed by atoms with van der Waals surface area (Å²) in [5.74, 6) is 3.56. The van der Waals surface area contributed by atoms with Crippen LogP contribution in [-0.2, 0) is 19.5 Å². The second-order valence-corrected chi connectivity index (χ2v) is 19.2. The van der Waals surface area contributed by atoms with Gasteiger partial charge in [-0.05, 0) is 78.5 Å². The van der Waals surface area contributed by atoms with Crippen molar-refractivity contribution in [2.45, 2.75) is 40.4 Å². The first-order valence-corrected chi connectivity index (χ1v) is 20.9. The van der Waals surface area contributed by atoms with E-state index >= 15 is 0 Å². The Morgan fingerprint density at radius 2 is 0.769 bits per heavy atom. The summed E-state index contributed by atoms with van der Waals surface area (Å²) in [5, 5.41) is 0. The number of aryl methyl sites for hydroxylation is 3. The molecule has 0 spiro atoms. The van der Waals surface area contributed by atoms with Crippen LogP contribution in [0.2, 0.25) is 19.6 Å². The molecule has 6 aromatic rings. The van der Waals surface area contributed by atoms with E-state index in [-0.39, 0.29) is 19.5 Å². The van der Waals surface area contributed by atoms with Crippen molar-refractivity contribution in [2.24, 2.45) is 0 Å². The minimum Gasteiger partial charge on any atom is -0.657 e. The number of hydrogen-bond acceptors (Lipinski definition) is 2. The minimum absolute atomic E-state index is 0. The van der Waals surface area contributed by atoms with Crippen molar-refractivity contribution in [1.82, 2.24) is 19.9 Å². The second-order valence-electron chi connectivity index (χ2n) is 14.5. The molecule has 6 heteroatoms. The number of rotatable bonds is 3. The number of nitrogens with zero attached hydrogens (tertiary/aromatic N) is 4. The number of fused-ring (bicyclic) bond motifs is 8. The molecular weight excluding hydrogens is 702 g/mol. The maximum absolute atomic E-state index is 5.35. The third kappa shape index (κ3) is 6.95. The fraction of sp³-hybridized carbons (Fsp3) is 0.130. The van der Waals surface area contributed by atoms with Gasteiger partial charge in [0, 0.05) is 5.56 Å². The molecule has 0 atom stereocenters. The molecular formula is C46H38N4SiZn. The third-order valence-corrected chi connectivity index (χ3v) is 10.1. The molecule has 0 fully saturated rings. The Morgan fingerprint density at radius 1 is 0.442 bits per heavy atom. The summed E-state index contributed by atoms with van der Waals surface area (Å²) in [6.45, 7) is 13.1. The van der Waals surface area contributed by atoms with E-state index in [2.05, 4.69) is 173 Å². The van der Waals surface area contributed by atoms with Crippen LogP contribution < -0.4 is 9.97 Å². The SMILES string of the molecule is Cc1ccc(-c2c3nc(c(-c4ccc(C)cc4)c4ccc([n-]4)c(-c4ccc(C)cc4)c4nc(c(C#C[Si](C)(C)C)c5ccc2[n-]5)C=C4)C=C3)cc1.[Zn+2]. The van der Waals surface area contributed by atoms with Gasteiger partial charge in [-0.3, -0.25) is 0 Å².